The van der Waals surface area contributed by atoms with Crippen molar-refractivity contribution in [1.82, 2.24) is 10.2 Å². The molecule has 0 radical (unpaired) electrons. The molecule has 0 saturated carbocycles. The molecular weight excluding hydrogens is 308 g/mol. The predicted octanol–water partition coefficient (Wildman–Crippen LogP) is 1.82. The second kappa shape index (κ2) is 6.50. The predicted molar refractivity (Wildman–Crippen MR) is 78.4 cm³/mol. The van der Waals surface area contributed by atoms with Crippen LogP contribution in [-0.2, 0) is 4.74 Å². The molecule has 1 aromatic rings. The van der Waals surface area contributed by atoms with Gasteiger partial charge >= 0.3 is 0 Å². The fourth-order valence-electron chi connectivity index (χ4n) is 2.12. The van der Waals surface area contributed by atoms with Gasteiger partial charge in [-0.2, -0.15) is 0 Å². The summed E-state index contributed by atoms with van der Waals surface area (Å²) in [4.78, 5) is 14.0. The van der Waals surface area contributed by atoms with Crippen molar-refractivity contribution in [3.05, 3.63) is 33.8 Å². The number of rotatable bonds is 3. The number of nitrogens with one attached hydrogen (secondary N) is 1. The number of benzene rings is 1. The van der Waals surface area contributed by atoms with Crippen molar-refractivity contribution in [2.24, 2.45) is 0 Å². The highest BCUT2D eigenvalue weighted by Crippen LogP contribution is 2.18. The number of carbonyl (C=O) groups excluding carboxylic acids is 1. The number of nitrogens with zero attached hydrogens (tertiary/aromatic N) is 1. The van der Waals surface area contributed by atoms with E-state index < -0.39 is 0 Å². The molecular formula is C14H19BrN2O2. The van der Waals surface area contributed by atoms with Gasteiger partial charge in [-0.05, 0) is 30.7 Å². The van der Waals surface area contributed by atoms with E-state index in [-0.39, 0.29) is 12.0 Å². The van der Waals surface area contributed by atoms with Crippen molar-refractivity contribution in [2.75, 3.05) is 33.3 Å². The summed E-state index contributed by atoms with van der Waals surface area (Å²) in [5.41, 5.74) is 1.78. The van der Waals surface area contributed by atoms with E-state index in [2.05, 4.69) is 21.2 Å². The van der Waals surface area contributed by atoms with E-state index in [1.54, 1.807) is 4.90 Å². The van der Waals surface area contributed by atoms with E-state index >= 15 is 0 Å². The number of carbonyl (C=O) groups is 1. The van der Waals surface area contributed by atoms with E-state index in [0.29, 0.717) is 18.7 Å². The third-order valence-electron chi connectivity index (χ3n) is 3.23. The highest BCUT2D eigenvalue weighted by molar-refractivity contribution is 9.10. The Bertz CT molecular complexity index is 459. The van der Waals surface area contributed by atoms with Gasteiger partial charge in [0, 0.05) is 36.7 Å². The lowest BCUT2D eigenvalue weighted by Crippen LogP contribution is -2.45. The topological polar surface area (TPSA) is 41.6 Å². The molecule has 0 aromatic heterocycles. The van der Waals surface area contributed by atoms with Crippen molar-refractivity contribution < 1.29 is 9.53 Å². The number of morpholine rings is 1. The van der Waals surface area contributed by atoms with Crippen LogP contribution in [0.2, 0.25) is 0 Å². The fraction of sp³-hybridized carbons (Fsp3) is 0.500. The summed E-state index contributed by atoms with van der Waals surface area (Å²) in [5.74, 6) is 0.0322. The maximum atomic E-state index is 12.3. The molecule has 1 N–H and O–H groups in total. The molecule has 1 fully saturated rings. The zero-order valence-corrected chi connectivity index (χ0v) is 12.9. The zero-order chi connectivity index (χ0) is 13.8. The van der Waals surface area contributed by atoms with Crippen LogP contribution in [0.25, 0.3) is 0 Å². The van der Waals surface area contributed by atoms with Gasteiger partial charge in [-0.1, -0.05) is 15.9 Å². The highest BCUT2D eigenvalue weighted by Gasteiger charge is 2.19. The Morgan fingerprint density at radius 3 is 3.00 bits per heavy atom. The molecule has 0 bridgehead atoms. The average molecular weight is 327 g/mol. The number of hydrogen-bond acceptors (Lipinski definition) is 3. The molecule has 1 amide bonds. The molecule has 1 aromatic carbocycles. The van der Waals surface area contributed by atoms with Crippen molar-refractivity contribution >= 4 is 21.8 Å². The molecule has 19 heavy (non-hydrogen) atoms. The maximum absolute atomic E-state index is 12.3. The number of halogens is 1. The molecule has 0 aliphatic carbocycles. The van der Waals surface area contributed by atoms with Gasteiger partial charge in [0.15, 0.2) is 0 Å². The zero-order valence-electron chi connectivity index (χ0n) is 11.3. The lowest BCUT2D eigenvalue weighted by Gasteiger charge is -2.28. The van der Waals surface area contributed by atoms with E-state index in [1.807, 2.05) is 32.2 Å². The first kappa shape index (κ1) is 14.5. The molecule has 5 heteroatoms. The molecule has 1 aliphatic heterocycles. The SMILES string of the molecule is Cc1cc(C(=O)N(C)CC2CNCCO2)ccc1Br. The van der Waals surface area contributed by atoms with Gasteiger partial charge in [0.2, 0.25) is 0 Å². The number of aryl methyl sites for hydroxylation is 1. The van der Waals surface area contributed by atoms with E-state index in [0.717, 1.165) is 23.1 Å². The van der Waals surface area contributed by atoms with Gasteiger partial charge in [-0.3, -0.25) is 4.79 Å². The molecule has 1 unspecified atom stereocenters. The molecule has 1 heterocycles. The van der Waals surface area contributed by atoms with Crippen molar-refractivity contribution in [1.29, 1.82) is 0 Å². The third kappa shape index (κ3) is 3.78. The minimum atomic E-state index is 0.0322. The van der Waals surface area contributed by atoms with Gasteiger partial charge in [0.05, 0.1) is 12.7 Å². The standard InChI is InChI=1S/C14H19BrN2O2/c1-10-7-11(3-4-13(10)15)14(18)17(2)9-12-8-16-5-6-19-12/h3-4,7,12,16H,5-6,8-9H2,1-2H3. The number of hydrogen-bond donors (Lipinski definition) is 1. The summed E-state index contributed by atoms with van der Waals surface area (Å²) in [5, 5.41) is 3.27. The normalized spacial score (nSPS) is 19.2. The van der Waals surface area contributed by atoms with Crippen LogP contribution >= 0.6 is 15.9 Å². The summed E-state index contributed by atoms with van der Waals surface area (Å²) in [7, 11) is 1.82. The number of amides is 1. The Morgan fingerprint density at radius 1 is 1.58 bits per heavy atom. The number of likely N-dealkylation sites (N-methyl/N-ethyl adjacent to an activating group) is 1. The van der Waals surface area contributed by atoms with Gasteiger partial charge in [0.25, 0.3) is 5.91 Å². The van der Waals surface area contributed by atoms with Crippen LogP contribution in [0.15, 0.2) is 22.7 Å². The Kier molecular flexibility index (Phi) is 4.96. The Balaban J connectivity index is 1.99. The molecule has 1 saturated heterocycles. The maximum Gasteiger partial charge on any atom is 0.253 e. The van der Waals surface area contributed by atoms with E-state index in [4.69, 9.17) is 4.74 Å². The van der Waals surface area contributed by atoms with Crippen molar-refractivity contribution in [3.63, 3.8) is 0 Å². The summed E-state index contributed by atoms with van der Waals surface area (Å²) < 4.78 is 6.63. The molecule has 104 valence electrons. The molecule has 0 spiro atoms. The lowest BCUT2D eigenvalue weighted by atomic mass is 10.1. The Labute approximate surface area is 122 Å². The average Bonchev–Trinajstić information content (AvgIpc) is 2.42. The van der Waals surface area contributed by atoms with Gasteiger partial charge < -0.3 is 15.0 Å². The highest BCUT2D eigenvalue weighted by atomic mass is 79.9. The van der Waals surface area contributed by atoms with Crippen molar-refractivity contribution in [2.45, 2.75) is 13.0 Å². The fourth-order valence-corrected chi connectivity index (χ4v) is 2.37. The quantitative estimate of drug-likeness (QED) is 0.921. The summed E-state index contributed by atoms with van der Waals surface area (Å²) in [6, 6.07) is 5.66. The molecule has 4 nitrogen and oxygen atoms in total. The summed E-state index contributed by atoms with van der Waals surface area (Å²) in [6.07, 6.45) is 0.0826. The van der Waals surface area contributed by atoms with Gasteiger partial charge in [-0.25, -0.2) is 0 Å². The number of ether oxygens (including phenoxy) is 1. The monoisotopic (exact) mass is 326 g/mol. The third-order valence-corrected chi connectivity index (χ3v) is 4.12. The van der Waals surface area contributed by atoms with Crippen LogP contribution < -0.4 is 5.32 Å². The van der Waals surface area contributed by atoms with Crippen LogP contribution in [0.1, 0.15) is 15.9 Å². The minimum absolute atomic E-state index is 0.0322. The Morgan fingerprint density at radius 2 is 2.37 bits per heavy atom. The van der Waals surface area contributed by atoms with Crippen LogP contribution in [0.4, 0.5) is 0 Å². The second-order valence-electron chi connectivity index (χ2n) is 4.85. The van der Waals surface area contributed by atoms with Crippen LogP contribution in [0.3, 0.4) is 0 Å². The van der Waals surface area contributed by atoms with Crippen LogP contribution in [0, 0.1) is 6.92 Å². The first-order valence-electron chi connectivity index (χ1n) is 6.42. The van der Waals surface area contributed by atoms with Crippen LogP contribution in [-0.4, -0.2) is 50.2 Å². The minimum Gasteiger partial charge on any atom is -0.374 e. The lowest BCUT2D eigenvalue weighted by molar-refractivity contribution is 0.0104. The second-order valence-corrected chi connectivity index (χ2v) is 5.70. The van der Waals surface area contributed by atoms with Gasteiger partial charge in [0.1, 0.15) is 0 Å². The largest absolute Gasteiger partial charge is 0.374 e. The first-order valence-corrected chi connectivity index (χ1v) is 7.21. The van der Waals surface area contributed by atoms with E-state index in [9.17, 15) is 4.79 Å². The van der Waals surface area contributed by atoms with E-state index in [1.165, 1.54) is 0 Å². The van der Waals surface area contributed by atoms with Gasteiger partial charge in [-0.15, -0.1) is 0 Å². The smallest absolute Gasteiger partial charge is 0.253 e. The molecule has 1 atom stereocenters. The Hall–Kier alpha value is -0.910. The van der Waals surface area contributed by atoms with Crippen LogP contribution in [0.5, 0.6) is 0 Å². The summed E-state index contributed by atoms with van der Waals surface area (Å²) >= 11 is 3.44. The molecule has 2 rings (SSSR count). The molecule has 1 aliphatic rings. The summed E-state index contributed by atoms with van der Waals surface area (Å²) in [6.45, 7) is 5.00. The first-order chi connectivity index (χ1) is 9.08. The van der Waals surface area contributed by atoms with Crippen molar-refractivity contribution in [3.8, 4) is 0 Å².